The molecule has 8 rings (SSSR count). The van der Waals surface area contributed by atoms with Crippen LogP contribution in [-0.2, 0) is 109 Å². The molecule has 40 heteroatoms. The summed E-state index contributed by atoms with van der Waals surface area (Å²) in [4.78, 5) is 116. The number of carbonyl (C=O) groups is 8. The predicted molar refractivity (Wildman–Crippen MR) is 435 cm³/mol. The van der Waals surface area contributed by atoms with Gasteiger partial charge in [-0.2, -0.15) is 0 Å². The third-order valence-electron chi connectivity index (χ3n) is 17.4. The van der Waals surface area contributed by atoms with Crippen molar-refractivity contribution in [1.82, 2.24) is 60.9 Å². The molecule has 8 amide bonds. The topological polar surface area (TPSA) is 446 Å². The number of methoxy groups -OCH3 is 1. The number of aromatic carboxylic acids is 1. The van der Waals surface area contributed by atoms with E-state index >= 15 is 4.39 Å². The van der Waals surface area contributed by atoms with Crippen LogP contribution in [0.5, 0.6) is 5.75 Å². The molecule has 37 nitrogen and oxygen atoms in total. The number of anilines is 5. The van der Waals surface area contributed by atoms with E-state index in [0.29, 0.717) is 161 Å². The minimum atomic E-state index is -1.21. The monoisotopic (exact) mass is 1690 g/mol. The number of hydrogen-bond acceptors (Lipinski definition) is 30. The lowest BCUT2D eigenvalue weighted by atomic mass is 10.0. The van der Waals surface area contributed by atoms with Gasteiger partial charge in [-0.3, -0.25) is 28.9 Å². The minimum Gasteiger partial charge on any atom is -0.491 e. The SMILES string of the molecule is COCCOCCOCCOCCOCCOCCOCCOCCn1cc(COCc2cc(NC(=O)[C@H](CCCNC(N)=O)NC(=O)[C@@H](NC(=O)CCOCCN3C(=O)C=CC3=O)C(C)C)ccc2COC(=O)N(C)CC#Cc2ccc(OCCCc3sc(N(C)c4cc(C)c(Nc5nc6ccccc6s5)nn4)nc3C(=O)O)c(F)c2)nn1. The molecule has 3 aromatic carbocycles. The average molecular weight is 1700 g/mol. The quantitative estimate of drug-likeness (QED) is 0.0126. The maximum absolute atomic E-state index is 15.5. The molecule has 644 valence electrons. The number of thiazole rings is 2. The van der Waals surface area contributed by atoms with Gasteiger partial charge in [0.05, 0.1) is 168 Å². The van der Waals surface area contributed by atoms with Crippen LogP contribution < -0.4 is 42.0 Å². The number of para-hydroxylation sites is 1. The highest BCUT2D eigenvalue weighted by Crippen LogP contribution is 2.34. The number of ether oxygens (including phenoxy) is 12. The molecule has 0 fully saturated rings. The number of hydrogen-bond donors (Lipinski definition) is 7. The molecule has 7 aromatic rings. The molecule has 0 unspecified atom stereocenters. The standard InChI is InChI=1S/C79H103FN16O21S2/c1-53(2)70(86-67(97)23-29-107-31-27-96-68(98)21-22-69(96)99)74(101)84-62(14-9-24-82-76(81)104)73(100)83-58-19-18-56(57(48-58)50-115-52-59-49-95(92-89-59)26-30-108-34-35-110-38-39-112-42-43-114-45-44-113-41-40-111-37-36-109-33-32-106-6)51-117-79(105)93(4)25-10-12-55-17-20-63(60(80)47-55)116-28-11-16-65-71(75(102)103)87-78(119-65)94(5)66-46-54(3)72(91-90-66)88-77-85-61-13-7-8-15-64(61)118-77/h7-8,13,15,17-22,46-49,53,62,70H,9,11,14,16,23-45,50-52H2,1-6H3,(H,83,100)(H,84,101)(H,86,97)(H,102,103)(H3,81,82,104)(H,85,88,91)/t62-,70-/m0/s1. The Morgan fingerprint density at radius 1 is 0.689 bits per heavy atom. The summed E-state index contributed by atoms with van der Waals surface area (Å²) in [5.41, 5.74) is 8.82. The zero-order valence-electron chi connectivity index (χ0n) is 67.4. The Morgan fingerprint density at radius 3 is 2.00 bits per heavy atom. The van der Waals surface area contributed by atoms with Gasteiger partial charge in [-0.1, -0.05) is 60.4 Å². The smallest absolute Gasteiger partial charge is 0.410 e. The molecule has 2 atom stereocenters. The zero-order valence-corrected chi connectivity index (χ0v) is 69.0. The van der Waals surface area contributed by atoms with Crippen LogP contribution in [0.25, 0.3) is 10.2 Å². The van der Waals surface area contributed by atoms with Gasteiger partial charge in [0, 0.05) is 62.5 Å². The van der Waals surface area contributed by atoms with E-state index in [-0.39, 0.29) is 102 Å². The number of amides is 8. The number of nitrogens with two attached hydrogens (primary N) is 1. The van der Waals surface area contributed by atoms with Crippen molar-refractivity contribution in [1.29, 1.82) is 0 Å². The molecule has 0 spiro atoms. The Morgan fingerprint density at radius 2 is 1.35 bits per heavy atom. The van der Waals surface area contributed by atoms with E-state index in [2.05, 4.69) is 68.9 Å². The lowest BCUT2D eigenvalue weighted by molar-refractivity contribution is -0.138. The summed E-state index contributed by atoms with van der Waals surface area (Å²) < 4.78 is 85.0. The fraction of sp³-hybridized carbons (Fsp3) is 0.494. The van der Waals surface area contributed by atoms with Crippen molar-refractivity contribution in [3.63, 3.8) is 0 Å². The molecule has 0 aliphatic carbocycles. The number of aryl methyl sites for hydroxylation is 2. The largest absolute Gasteiger partial charge is 0.491 e. The molecule has 4 aromatic heterocycles. The van der Waals surface area contributed by atoms with Gasteiger partial charge in [0.25, 0.3) is 11.8 Å². The summed E-state index contributed by atoms with van der Waals surface area (Å²) in [6.07, 6.45) is 3.89. The van der Waals surface area contributed by atoms with E-state index in [4.69, 9.17) is 62.6 Å². The predicted octanol–water partition coefficient (Wildman–Crippen LogP) is 6.25. The number of fused-ring (bicyclic) bond motifs is 1. The number of carbonyl (C=O) groups excluding carboxylic acids is 7. The summed E-state index contributed by atoms with van der Waals surface area (Å²) in [5.74, 6) is 1.49. The number of carboxylic acids is 1. The van der Waals surface area contributed by atoms with Gasteiger partial charge in [0.1, 0.15) is 24.4 Å². The second-order valence-corrected chi connectivity index (χ2v) is 28.9. The number of imide groups is 1. The van der Waals surface area contributed by atoms with E-state index < -0.39 is 71.4 Å². The second-order valence-electron chi connectivity index (χ2n) is 26.8. The van der Waals surface area contributed by atoms with Crippen LogP contribution in [0, 0.1) is 30.5 Å². The zero-order chi connectivity index (χ0) is 85.1. The van der Waals surface area contributed by atoms with Crippen LogP contribution in [0.1, 0.15) is 82.8 Å². The number of nitrogens with one attached hydrogen (secondary N) is 5. The van der Waals surface area contributed by atoms with Crippen LogP contribution in [0.3, 0.4) is 0 Å². The molecular formula is C79H103FN16O21S2. The molecule has 1 aliphatic rings. The van der Waals surface area contributed by atoms with Crippen LogP contribution in [0.4, 0.5) is 41.6 Å². The summed E-state index contributed by atoms with van der Waals surface area (Å²) >= 11 is 2.68. The van der Waals surface area contributed by atoms with E-state index in [9.17, 15) is 43.5 Å². The lowest BCUT2D eigenvalue weighted by Gasteiger charge is -2.25. The molecule has 5 heterocycles. The highest BCUT2D eigenvalue weighted by atomic mass is 32.1. The van der Waals surface area contributed by atoms with Crippen LogP contribution in [0.15, 0.2) is 85.1 Å². The fourth-order valence-corrected chi connectivity index (χ4v) is 12.9. The fourth-order valence-electron chi connectivity index (χ4n) is 11.0. The number of benzene rings is 3. The van der Waals surface area contributed by atoms with Gasteiger partial charge >= 0.3 is 18.1 Å². The first-order chi connectivity index (χ1) is 57.6. The van der Waals surface area contributed by atoms with Gasteiger partial charge in [-0.05, 0) is 104 Å². The van der Waals surface area contributed by atoms with Crippen molar-refractivity contribution < 1.29 is 105 Å². The molecular weight excluding hydrogens is 1590 g/mol. The molecule has 0 bridgehead atoms. The highest BCUT2D eigenvalue weighted by molar-refractivity contribution is 7.22. The van der Waals surface area contributed by atoms with Gasteiger partial charge in [-0.15, -0.1) is 26.6 Å². The first-order valence-corrected chi connectivity index (χ1v) is 40.2. The summed E-state index contributed by atoms with van der Waals surface area (Å²) in [7, 11) is 4.81. The number of aromatic nitrogens is 7. The van der Waals surface area contributed by atoms with Gasteiger partial charge < -0.3 is 104 Å². The number of rotatable bonds is 57. The molecule has 0 saturated carbocycles. The van der Waals surface area contributed by atoms with E-state index in [0.717, 1.165) is 32.8 Å². The first-order valence-electron chi connectivity index (χ1n) is 38.5. The Labute approximate surface area is 695 Å². The second kappa shape index (κ2) is 51.5. The highest BCUT2D eigenvalue weighted by Gasteiger charge is 2.30. The minimum absolute atomic E-state index is 0.00737. The molecule has 0 radical (unpaired) electrons. The van der Waals surface area contributed by atoms with Crippen molar-refractivity contribution in [3.05, 3.63) is 129 Å². The van der Waals surface area contributed by atoms with Crippen molar-refractivity contribution in [2.75, 3.05) is 175 Å². The summed E-state index contributed by atoms with van der Waals surface area (Å²) in [5, 5.41) is 42.3. The average Bonchev–Trinajstić information content (AvgIpc) is 1.69. The van der Waals surface area contributed by atoms with E-state index in [1.807, 2.05) is 37.3 Å². The number of nitrogens with zero attached hydrogens (tertiary/aromatic N) is 10. The maximum Gasteiger partial charge on any atom is 0.410 e. The number of carboxylic acid groups (broad SMARTS) is 1. The summed E-state index contributed by atoms with van der Waals surface area (Å²) in [6.45, 7) is 11.6. The van der Waals surface area contributed by atoms with Gasteiger partial charge in [-0.25, -0.2) is 33.4 Å². The third kappa shape index (κ3) is 33.1. The van der Waals surface area contributed by atoms with Gasteiger partial charge in [0.2, 0.25) is 17.7 Å². The van der Waals surface area contributed by atoms with Crippen LogP contribution in [-0.4, -0.2) is 270 Å². The number of primary amides is 1. The molecule has 0 saturated heterocycles. The van der Waals surface area contributed by atoms with Crippen LogP contribution >= 0.6 is 22.7 Å². The first kappa shape index (κ1) is 93.7. The van der Waals surface area contributed by atoms with E-state index in [1.165, 1.54) is 46.8 Å². The third-order valence-corrected chi connectivity index (χ3v) is 19.5. The Kier molecular flexibility index (Phi) is 40.5. The molecule has 8 N–H and O–H groups in total. The number of halogens is 1. The lowest BCUT2D eigenvalue weighted by Crippen LogP contribution is -2.54. The Balaban J connectivity index is 0.809. The van der Waals surface area contributed by atoms with Crippen LogP contribution in [0.2, 0.25) is 0 Å². The van der Waals surface area contributed by atoms with Crippen molar-refractivity contribution in [2.45, 2.75) is 91.3 Å². The molecule has 1 aliphatic heterocycles. The number of urea groups is 1. The normalized spacial score (nSPS) is 12.4. The Bertz CT molecular complexity index is 4470. The van der Waals surface area contributed by atoms with Crippen molar-refractivity contribution >= 4 is 108 Å². The summed E-state index contributed by atoms with van der Waals surface area (Å²) in [6, 6.07) is 15.5. The maximum atomic E-state index is 15.5. The van der Waals surface area contributed by atoms with Crippen molar-refractivity contribution in [2.24, 2.45) is 11.7 Å². The van der Waals surface area contributed by atoms with Gasteiger partial charge in [0.15, 0.2) is 39.2 Å². The molecule has 119 heavy (non-hydrogen) atoms. The Hall–Kier alpha value is -10.8. The van der Waals surface area contributed by atoms with E-state index in [1.54, 1.807) is 68.0 Å². The van der Waals surface area contributed by atoms with Crippen molar-refractivity contribution in [3.8, 4) is 17.6 Å².